The molecular weight excluding hydrogens is 231 g/mol. The van der Waals surface area contributed by atoms with E-state index in [0.717, 1.165) is 5.56 Å². The third-order valence-electron chi connectivity index (χ3n) is 2.75. The van der Waals surface area contributed by atoms with Crippen molar-refractivity contribution in [2.45, 2.75) is 6.54 Å². The smallest absolute Gasteiger partial charge is 0.128 e. The van der Waals surface area contributed by atoms with Crippen LogP contribution in [-0.4, -0.2) is 28.8 Å². The van der Waals surface area contributed by atoms with Crippen molar-refractivity contribution in [1.82, 2.24) is 14.7 Å². The third-order valence-corrected chi connectivity index (χ3v) is 2.75. The monoisotopic (exact) mass is 248 g/mol. The van der Waals surface area contributed by atoms with E-state index in [2.05, 4.69) is 5.10 Å². The zero-order valence-electron chi connectivity index (χ0n) is 10.8. The molecular formula is C13H17FN4. The maximum Gasteiger partial charge on any atom is 0.128 e. The van der Waals surface area contributed by atoms with E-state index in [1.54, 1.807) is 23.9 Å². The maximum absolute atomic E-state index is 13.9. The van der Waals surface area contributed by atoms with Crippen LogP contribution in [0.25, 0.3) is 11.3 Å². The predicted octanol–water partition coefficient (Wildman–Crippen LogP) is 1.87. The van der Waals surface area contributed by atoms with Gasteiger partial charge in [-0.15, -0.1) is 0 Å². The fraction of sp³-hybridized carbons (Fsp3) is 0.308. The summed E-state index contributed by atoms with van der Waals surface area (Å²) in [6.45, 7) is 0.580. The Labute approximate surface area is 106 Å². The van der Waals surface area contributed by atoms with Gasteiger partial charge in [-0.25, -0.2) is 4.39 Å². The van der Waals surface area contributed by atoms with Crippen LogP contribution in [0.1, 0.15) is 5.56 Å². The van der Waals surface area contributed by atoms with Crippen LogP contribution in [0.4, 0.5) is 10.2 Å². The van der Waals surface area contributed by atoms with Gasteiger partial charge in [0.05, 0.1) is 5.69 Å². The van der Waals surface area contributed by atoms with E-state index in [-0.39, 0.29) is 5.82 Å². The van der Waals surface area contributed by atoms with Crippen molar-refractivity contribution in [2.24, 2.45) is 7.05 Å². The average Bonchev–Trinajstić information content (AvgIpc) is 2.62. The Balaban J connectivity index is 2.33. The zero-order chi connectivity index (χ0) is 13.3. The van der Waals surface area contributed by atoms with E-state index >= 15 is 0 Å². The second-order valence-electron chi connectivity index (χ2n) is 4.62. The van der Waals surface area contributed by atoms with Crippen LogP contribution in [0.2, 0.25) is 0 Å². The molecule has 0 spiro atoms. The molecule has 0 saturated carbocycles. The summed E-state index contributed by atoms with van der Waals surface area (Å²) >= 11 is 0. The molecule has 0 amide bonds. The van der Waals surface area contributed by atoms with E-state index in [9.17, 15) is 4.39 Å². The number of benzene rings is 1. The van der Waals surface area contributed by atoms with Gasteiger partial charge in [0.2, 0.25) is 0 Å². The van der Waals surface area contributed by atoms with Gasteiger partial charge in [0.15, 0.2) is 0 Å². The van der Waals surface area contributed by atoms with Crippen LogP contribution in [0.5, 0.6) is 0 Å². The van der Waals surface area contributed by atoms with Crippen molar-refractivity contribution in [2.75, 3.05) is 19.8 Å². The highest BCUT2D eigenvalue weighted by Gasteiger charge is 2.09. The quantitative estimate of drug-likeness (QED) is 0.902. The van der Waals surface area contributed by atoms with Gasteiger partial charge in [-0.3, -0.25) is 4.68 Å². The lowest BCUT2D eigenvalue weighted by molar-refractivity contribution is 0.392. The fourth-order valence-corrected chi connectivity index (χ4v) is 1.80. The van der Waals surface area contributed by atoms with Crippen LogP contribution in [0.15, 0.2) is 24.3 Å². The number of halogens is 1. The highest BCUT2D eigenvalue weighted by Crippen LogP contribution is 2.22. The molecule has 0 aliphatic rings. The van der Waals surface area contributed by atoms with Gasteiger partial charge in [0.1, 0.15) is 11.6 Å². The molecule has 0 aliphatic heterocycles. The molecule has 2 rings (SSSR count). The minimum absolute atomic E-state index is 0.217. The summed E-state index contributed by atoms with van der Waals surface area (Å²) in [5.74, 6) is 0.341. The van der Waals surface area contributed by atoms with E-state index in [4.69, 9.17) is 5.73 Å². The van der Waals surface area contributed by atoms with Crippen molar-refractivity contribution in [3.05, 3.63) is 35.6 Å². The predicted molar refractivity (Wildman–Crippen MR) is 70.4 cm³/mol. The highest BCUT2D eigenvalue weighted by molar-refractivity contribution is 5.62. The Hall–Kier alpha value is -1.88. The van der Waals surface area contributed by atoms with Gasteiger partial charge in [0.25, 0.3) is 0 Å². The number of anilines is 1. The number of hydrogen-bond acceptors (Lipinski definition) is 3. The molecule has 0 aliphatic carbocycles. The second kappa shape index (κ2) is 4.78. The van der Waals surface area contributed by atoms with Gasteiger partial charge in [-0.1, -0.05) is 12.1 Å². The van der Waals surface area contributed by atoms with Gasteiger partial charge in [0, 0.05) is 30.8 Å². The Bertz CT molecular complexity index is 541. The van der Waals surface area contributed by atoms with Crippen molar-refractivity contribution >= 4 is 5.82 Å². The molecule has 0 atom stereocenters. The van der Waals surface area contributed by atoms with Crippen molar-refractivity contribution in [1.29, 1.82) is 0 Å². The van der Waals surface area contributed by atoms with Crippen molar-refractivity contribution in [3.63, 3.8) is 0 Å². The number of nitrogen functional groups attached to an aromatic ring is 1. The molecule has 2 aromatic rings. The topological polar surface area (TPSA) is 47.1 Å². The lowest BCUT2D eigenvalue weighted by Crippen LogP contribution is -2.11. The Morgan fingerprint density at radius 2 is 2.06 bits per heavy atom. The number of aromatic nitrogens is 2. The van der Waals surface area contributed by atoms with Gasteiger partial charge in [-0.05, 0) is 20.2 Å². The number of nitrogens with two attached hydrogens (primary N) is 1. The molecule has 4 nitrogen and oxygen atoms in total. The summed E-state index contributed by atoms with van der Waals surface area (Å²) < 4.78 is 15.5. The summed E-state index contributed by atoms with van der Waals surface area (Å²) in [4.78, 5) is 1.93. The third kappa shape index (κ3) is 2.51. The number of rotatable bonds is 3. The Morgan fingerprint density at radius 3 is 2.56 bits per heavy atom. The lowest BCUT2D eigenvalue weighted by atomic mass is 10.1. The van der Waals surface area contributed by atoms with Crippen LogP contribution in [0.3, 0.4) is 0 Å². The van der Waals surface area contributed by atoms with Crippen LogP contribution in [-0.2, 0) is 13.6 Å². The normalized spacial score (nSPS) is 11.2. The summed E-state index contributed by atoms with van der Waals surface area (Å²) in [6, 6.07) is 6.89. The minimum Gasteiger partial charge on any atom is -0.384 e. The van der Waals surface area contributed by atoms with E-state index < -0.39 is 0 Å². The number of nitrogens with zero attached hydrogens (tertiary/aromatic N) is 3. The molecule has 0 bridgehead atoms. The molecule has 1 heterocycles. The highest BCUT2D eigenvalue weighted by atomic mass is 19.1. The average molecular weight is 248 g/mol. The number of aryl methyl sites for hydroxylation is 1. The SMILES string of the molecule is CN(C)Cc1ccc(-c2cc(N)n(C)n2)cc1F. The first kappa shape index (κ1) is 12.6. The maximum atomic E-state index is 13.9. The van der Waals surface area contributed by atoms with Crippen LogP contribution >= 0.6 is 0 Å². The van der Waals surface area contributed by atoms with Crippen molar-refractivity contribution < 1.29 is 4.39 Å². The molecule has 0 fully saturated rings. The zero-order valence-corrected chi connectivity index (χ0v) is 10.8. The fourth-order valence-electron chi connectivity index (χ4n) is 1.80. The number of hydrogen-bond donors (Lipinski definition) is 1. The first-order valence-electron chi connectivity index (χ1n) is 5.70. The molecule has 1 aromatic carbocycles. The van der Waals surface area contributed by atoms with E-state index in [0.29, 0.717) is 23.6 Å². The molecule has 5 heteroatoms. The molecule has 2 N–H and O–H groups in total. The Kier molecular flexibility index (Phi) is 3.34. The standard InChI is InChI=1S/C13H17FN4/c1-17(2)8-10-5-4-9(6-11(10)14)12-7-13(15)18(3)16-12/h4-7H,8,15H2,1-3H3. The van der Waals surface area contributed by atoms with Crippen molar-refractivity contribution in [3.8, 4) is 11.3 Å². The summed E-state index contributed by atoms with van der Waals surface area (Å²) in [5.41, 5.74) is 7.81. The first-order chi connectivity index (χ1) is 8.47. The second-order valence-corrected chi connectivity index (χ2v) is 4.62. The van der Waals surface area contributed by atoms with E-state index in [1.807, 2.05) is 25.1 Å². The van der Waals surface area contributed by atoms with Crippen LogP contribution in [0, 0.1) is 5.82 Å². The van der Waals surface area contributed by atoms with Gasteiger partial charge < -0.3 is 10.6 Å². The largest absolute Gasteiger partial charge is 0.384 e. The summed E-state index contributed by atoms with van der Waals surface area (Å²) in [6.07, 6.45) is 0. The van der Waals surface area contributed by atoms with Gasteiger partial charge in [-0.2, -0.15) is 5.10 Å². The molecule has 18 heavy (non-hydrogen) atoms. The van der Waals surface area contributed by atoms with Crippen LogP contribution < -0.4 is 5.73 Å². The Morgan fingerprint density at radius 1 is 1.33 bits per heavy atom. The molecule has 0 unspecified atom stereocenters. The molecule has 0 radical (unpaired) electrons. The molecule has 96 valence electrons. The summed E-state index contributed by atoms with van der Waals surface area (Å²) in [7, 11) is 5.58. The molecule has 0 saturated heterocycles. The summed E-state index contributed by atoms with van der Waals surface area (Å²) in [5, 5.41) is 4.23. The first-order valence-corrected chi connectivity index (χ1v) is 5.70. The molecule has 1 aromatic heterocycles. The van der Waals surface area contributed by atoms with Gasteiger partial charge >= 0.3 is 0 Å². The minimum atomic E-state index is -0.217. The lowest BCUT2D eigenvalue weighted by Gasteiger charge is -2.10. The van der Waals surface area contributed by atoms with E-state index in [1.165, 1.54) is 6.07 Å².